The fourth-order valence-electron chi connectivity index (χ4n) is 2.44. The fraction of sp³-hybridized carbons (Fsp3) is 0.400. The lowest BCUT2D eigenvalue weighted by molar-refractivity contribution is -0.148. The van der Waals surface area contributed by atoms with Gasteiger partial charge in [0.05, 0.1) is 0 Å². The molecule has 1 atom stereocenters. The number of hydrogen-bond acceptors (Lipinski definition) is 3. The van der Waals surface area contributed by atoms with E-state index in [1.165, 1.54) is 4.90 Å². The van der Waals surface area contributed by atoms with E-state index in [9.17, 15) is 14.4 Å². The maximum Gasteiger partial charge on any atom is 0.326 e. The van der Waals surface area contributed by atoms with Crippen LogP contribution in [0.4, 0.5) is 0 Å². The Hall–Kier alpha value is -2.37. The Labute approximate surface area is 122 Å². The number of carbonyl (C=O) groups is 3. The third kappa shape index (κ3) is 3.81. The largest absolute Gasteiger partial charge is 0.480 e. The Bertz CT molecular complexity index is 530. The molecule has 0 bridgehead atoms. The summed E-state index contributed by atoms with van der Waals surface area (Å²) in [6.45, 7) is 0.678. The first-order chi connectivity index (χ1) is 10.1. The number of carboxylic acid groups (broad SMARTS) is 1. The Morgan fingerprint density at radius 1 is 1.24 bits per heavy atom. The van der Waals surface area contributed by atoms with Gasteiger partial charge in [-0.3, -0.25) is 9.59 Å². The van der Waals surface area contributed by atoms with Crippen molar-refractivity contribution in [3.8, 4) is 0 Å². The summed E-state index contributed by atoms with van der Waals surface area (Å²) in [4.78, 5) is 36.2. The first kappa shape index (κ1) is 15.0. The van der Waals surface area contributed by atoms with Gasteiger partial charge in [-0.25, -0.2) is 4.79 Å². The van der Waals surface area contributed by atoms with E-state index in [4.69, 9.17) is 5.11 Å². The van der Waals surface area contributed by atoms with Gasteiger partial charge in [0.25, 0.3) is 5.91 Å². The van der Waals surface area contributed by atoms with Crippen molar-refractivity contribution >= 4 is 17.8 Å². The predicted molar refractivity (Wildman–Crippen MR) is 75.8 cm³/mol. The number of benzene rings is 1. The molecule has 1 saturated heterocycles. The maximum atomic E-state index is 12.0. The van der Waals surface area contributed by atoms with Crippen LogP contribution in [0.15, 0.2) is 30.3 Å². The quantitative estimate of drug-likeness (QED) is 0.843. The number of likely N-dealkylation sites (tertiary alicyclic amines) is 1. The molecule has 1 aliphatic rings. The number of carbonyl (C=O) groups excluding carboxylic acids is 2. The highest BCUT2D eigenvalue weighted by molar-refractivity contribution is 5.94. The van der Waals surface area contributed by atoms with E-state index in [1.807, 2.05) is 6.07 Å². The van der Waals surface area contributed by atoms with Crippen molar-refractivity contribution in [3.63, 3.8) is 0 Å². The smallest absolute Gasteiger partial charge is 0.326 e. The van der Waals surface area contributed by atoms with E-state index in [-0.39, 0.29) is 24.8 Å². The minimum Gasteiger partial charge on any atom is -0.480 e. The third-order valence-electron chi connectivity index (χ3n) is 3.52. The van der Waals surface area contributed by atoms with Crippen LogP contribution in [-0.2, 0) is 9.59 Å². The summed E-state index contributed by atoms with van der Waals surface area (Å²) < 4.78 is 0. The van der Waals surface area contributed by atoms with Crippen molar-refractivity contribution in [1.29, 1.82) is 0 Å². The van der Waals surface area contributed by atoms with Gasteiger partial charge in [-0.1, -0.05) is 18.2 Å². The molecular weight excluding hydrogens is 272 g/mol. The Morgan fingerprint density at radius 3 is 2.62 bits per heavy atom. The number of nitrogens with zero attached hydrogens (tertiary/aromatic N) is 1. The van der Waals surface area contributed by atoms with Gasteiger partial charge < -0.3 is 15.3 Å². The van der Waals surface area contributed by atoms with E-state index in [0.29, 0.717) is 24.9 Å². The van der Waals surface area contributed by atoms with Crippen LogP contribution in [0.25, 0.3) is 0 Å². The zero-order valence-electron chi connectivity index (χ0n) is 11.6. The van der Waals surface area contributed by atoms with E-state index in [0.717, 1.165) is 0 Å². The van der Waals surface area contributed by atoms with Crippen LogP contribution in [0.1, 0.15) is 29.6 Å². The highest BCUT2D eigenvalue weighted by Crippen LogP contribution is 2.18. The topological polar surface area (TPSA) is 86.7 Å². The SMILES string of the molecule is O=C(NCCC(=O)N1CCC[C@H]1C(=O)O)c1ccccc1. The Kier molecular flexibility index (Phi) is 4.92. The van der Waals surface area contributed by atoms with Crippen LogP contribution >= 0.6 is 0 Å². The van der Waals surface area contributed by atoms with Gasteiger partial charge in [-0.05, 0) is 25.0 Å². The van der Waals surface area contributed by atoms with Gasteiger partial charge in [-0.2, -0.15) is 0 Å². The van der Waals surface area contributed by atoms with E-state index in [2.05, 4.69) is 5.32 Å². The number of aliphatic carboxylic acids is 1. The summed E-state index contributed by atoms with van der Waals surface area (Å²) in [5.41, 5.74) is 0.537. The summed E-state index contributed by atoms with van der Waals surface area (Å²) in [6, 6.07) is 8.02. The minimum atomic E-state index is -0.964. The molecule has 1 heterocycles. The Morgan fingerprint density at radius 2 is 1.95 bits per heavy atom. The standard InChI is InChI=1S/C15H18N2O4/c18-13(17-10-4-7-12(17)15(20)21)8-9-16-14(19)11-5-2-1-3-6-11/h1-3,5-6,12H,4,7-10H2,(H,16,19)(H,20,21)/t12-/m0/s1. The lowest BCUT2D eigenvalue weighted by Crippen LogP contribution is -2.41. The second kappa shape index (κ2) is 6.88. The number of carboxylic acids is 1. The van der Waals surface area contributed by atoms with Gasteiger partial charge in [0.15, 0.2) is 0 Å². The number of rotatable bonds is 5. The minimum absolute atomic E-state index is 0.113. The lowest BCUT2D eigenvalue weighted by atomic mass is 10.2. The van der Waals surface area contributed by atoms with Gasteiger partial charge in [0.1, 0.15) is 6.04 Å². The third-order valence-corrected chi connectivity index (χ3v) is 3.52. The molecule has 1 aromatic carbocycles. The molecule has 2 N–H and O–H groups in total. The predicted octanol–water partition coefficient (Wildman–Crippen LogP) is 0.882. The molecular formula is C15H18N2O4. The van der Waals surface area contributed by atoms with Crippen molar-refractivity contribution in [2.75, 3.05) is 13.1 Å². The second-order valence-electron chi connectivity index (χ2n) is 4.96. The van der Waals surface area contributed by atoms with E-state index in [1.54, 1.807) is 24.3 Å². The highest BCUT2D eigenvalue weighted by atomic mass is 16.4. The van der Waals surface area contributed by atoms with Crippen molar-refractivity contribution in [1.82, 2.24) is 10.2 Å². The summed E-state index contributed by atoms with van der Waals surface area (Å²) in [5.74, 6) is -1.43. The molecule has 6 heteroatoms. The first-order valence-electron chi connectivity index (χ1n) is 6.95. The van der Waals surface area contributed by atoms with Gasteiger partial charge in [-0.15, -0.1) is 0 Å². The zero-order valence-corrected chi connectivity index (χ0v) is 11.6. The molecule has 6 nitrogen and oxygen atoms in total. The van der Waals surface area contributed by atoms with Crippen LogP contribution in [0.2, 0.25) is 0 Å². The van der Waals surface area contributed by atoms with Crippen LogP contribution in [0, 0.1) is 0 Å². The monoisotopic (exact) mass is 290 g/mol. The normalized spacial score (nSPS) is 17.5. The lowest BCUT2D eigenvalue weighted by Gasteiger charge is -2.21. The average Bonchev–Trinajstić information content (AvgIpc) is 2.97. The first-order valence-corrected chi connectivity index (χ1v) is 6.95. The van der Waals surface area contributed by atoms with Crippen molar-refractivity contribution in [2.45, 2.75) is 25.3 Å². The molecule has 21 heavy (non-hydrogen) atoms. The second-order valence-corrected chi connectivity index (χ2v) is 4.96. The Balaban J connectivity index is 1.79. The summed E-state index contributed by atoms with van der Waals surface area (Å²) >= 11 is 0. The molecule has 0 spiro atoms. The van der Waals surface area contributed by atoms with Crippen LogP contribution < -0.4 is 5.32 Å². The molecule has 1 aliphatic heterocycles. The average molecular weight is 290 g/mol. The van der Waals surface area contributed by atoms with Gasteiger partial charge >= 0.3 is 5.97 Å². The maximum absolute atomic E-state index is 12.0. The molecule has 2 amide bonds. The van der Waals surface area contributed by atoms with Crippen molar-refractivity contribution < 1.29 is 19.5 Å². The van der Waals surface area contributed by atoms with Gasteiger partial charge in [0.2, 0.25) is 5.91 Å². The molecule has 0 aromatic heterocycles. The molecule has 0 aliphatic carbocycles. The molecule has 0 unspecified atom stereocenters. The number of nitrogens with one attached hydrogen (secondary N) is 1. The van der Waals surface area contributed by atoms with E-state index < -0.39 is 12.0 Å². The molecule has 112 valence electrons. The van der Waals surface area contributed by atoms with Crippen LogP contribution in [-0.4, -0.2) is 46.9 Å². The molecule has 2 rings (SSSR count). The summed E-state index contributed by atoms with van der Waals surface area (Å²) in [7, 11) is 0. The highest BCUT2D eigenvalue weighted by Gasteiger charge is 2.33. The van der Waals surface area contributed by atoms with Crippen molar-refractivity contribution in [3.05, 3.63) is 35.9 Å². The van der Waals surface area contributed by atoms with Crippen LogP contribution in [0.3, 0.4) is 0 Å². The van der Waals surface area contributed by atoms with Gasteiger partial charge in [0, 0.05) is 25.1 Å². The van der Waals surface area contributed by atoms with E-state index >= 15 is 0 Å². The molecule has 0 radical (unpaired) electrons. The zero-order chi connectivity index (χ0) is 15.2. The fourth-order valence-corrected chi connectivity index (χ4v) is 2.44. The number of hydrogen-bond donors (Lipinski definition) is 2. The molecule has 0 saturated carbocycles. The number of amides is 2. The molecule has 1 aromatic rings. The van der Waals surface area contributed by atoms with Crippen molar-refractivity contribution in [2.24, 2.45) is 0 Å². The summed E-state index contributed by atoms with van der Waals surface area (Å²) in [5, 5.41) is 11.7. The molecule has 1 fully saturated rings. The summed E-state index contributed by atoms with van der Waals surface area (Å²) in [6.07, 6.45) is 1.32. The van der Waals surface area contributed by atoms with Crippen LogP contribution in [0.5, 0.6) is 0 Å².